The molecule has 0 radical (unpaired) electrons. The molecule has 0 saturated heterocycles. The van der Waals surface area contributed by atoms with Crippen molar-refractivity contribution in [3.8, 4) is 11.5 Å². The van der Waals surface area contributed by atoms with Crippen LogP contribution in [0.1, 0.15) is 11.1 Å². The lowest BCUT2D eigenvalue weighted by atomic mass is 9.63. The molecule has 6 nitrogen and oxygen atoms in total. The Kier molecular flexibility index (Phi) is 7.44. The molecular formula is C24H26F3NO5S. The third-order valence-corrected chi connectivity index (χ3v) is 7.15. The monoisotopic (exact) mass is 497 g/mol. The molecule has 3 unspecified atom stereocenters. The average Bonchev–Trinajstić information content (AvgIpc) is 2.79. The van der Waals surface area contributed by atoms with Crippen LogP contribution in [0.3, 0.4) is 0 Å². The summed E-state index contributed by atoms with van der Waals surface area (Å²) in [5.74, 6) is -0.248. The molecule has 3 atom stereocenters. The van der Waals surface area contributed by atoms with Crippen molar-refractivity contribution in [3.05, 3.63) is 82.8 Å². The minimum atomic E-state index is -5.02. The minimum Gasteiger partial charge on any atom is -0.497 e. The van der Waals surface area contributed by atoms with Gasteiger partial charge < -0.3 is 14.6 Å². The molecule has 0 spiro atoms. The summed E-state index contributed by atoms with van der Waals surface area (Å²) in [4.78, 5) is -0.373. The maximum Gasteiger partial charge on any atom is 0.415 e. The second kappa shape index (κ2) is 9.81. The Morgan fingerprint density at radius 2 is 1.50 bits per heavy atom. The fourth-order valence-electron chi connectivity index (χ4n) is 4.36. The van der Waals surface area contributed by atoms with Crippen LogP contribution in [-0.2, 0) is 22.9 Å². The number of nitrogens with two attached hydrogens (primary N) is 1. The predicted octanol–water partition coefficient (Wildman–Crippen LogP) is 3.76. The van der Waals surface area contributed by atoms with E-state index in [1.165, 1.54) is 32.4 Å². The number of allylic oxidation sites excluding steroid dienone is 3. The quantitative estimate of drug-likeness (QED) is 0.579. The van der Waals surface area contributed by atoms with E-state index in [-0.39, 0.29) is 17.7 Å². The van der Waals surface area contributed by atoms with E-state index in [2.05, 4.69) is 0 Å². The second-order valence-corrected chi connectivity index (χ2v) is 9.72. The molecule has 0 fully saturated rings. The van der Waals surface area contributed by atoms with Gasteiger partial charge in [0.1, 0.15) is 11.5 Å². The lowest BCUT2D eigenvalue weighted by Gasteiger charge is -2.45. The van der Waals surface area contributed by atoms with E-state index >= 15 is 0 Å². The number of hydrogen-bond donors (Lipinski definition) is 2. The van der Waals surface area contributed by atoms with Gasteiger partial charge in [-0.2, -0.15) is 13.2 Å². The molecule has 1 aliphatic rings. The summed E-state index contributed by atoms with van der Waals surface area (Å²) >= 11 is 0. The van der Waals surface area contributed by atoms with Gasteiger partial charge in [-0.05, 0) is 54.3 Å². The summed E-state index contributed by atoms with van der Waals surface area (Å²) in [6.45, 7) is 0. The Bertz CT molecular complexity index is 1160. The van der Waals surface area contributed by atoms with E-state index in [1.54, 1.807) is 48.5 Å². The number of primary sulfonamides is 1. The number of hydrogen-bond acceptors (Lipinski definition) is 5. The zero-order valence-corrected chi connectivity index (χ0v) is 19.4. The van der Waals surface area contributed by atoms with Crippen molar-refractivity contribution in [2.45, 2.75) is 25.1 Å². The summed E-state index contributed by atoms with van der Waals surface area (Å²) in [6.07, 6.45) is -4.63. The Hall–Kier alpha value is -2.82. The van der Waals surface area contributed by atoms with E-state index in [4.69, 9.17) is 14.6 Å². The fraction of sp³-hybridized carbons (Fsp3) is 0.333. The van der Waals surface area contributed by atoms with Gasteiger partial charge in [0, 0.05) is 11.3 Å². The fourth-order valence-corrected chi connectivity index (χ4v) is 5.33. The summed E-state index contributed by atoms with van der Waals surface area (Å²) in [6, 6.07) is 12.9. The van der Waals surface area contributed by atoms with Crippen molar-refractivity contribution in [2.75, 3.05) is 14.2 Å². The second-order valence-electron chi connectivity index (χ2n) is 8.16. The summed E-state index contributed by atoms with van der Waals surface area (Å²) in [7, 11) is -1.44. The summed E-state index contributed by atoms with van der Waals surface area (Å²) in [5.41, 5.74) is -1.02. The molecule has 0 aliphatic heterocycles. The molecule has 3 rings (SSSR count). The van der Waals surface area contributed by atoms with Gasteiger partial charge in [0.25, 0.3) is 0 Å². The zero-order chi connectivity index (χ0) is 25.1. The van der Waals surface area contributed by atoms with Crippen LogP contribution in [0.2, 0.25) is 0 Å². The van der Waals surface area contributed by atoms with Gasteiger partial charge in [0.2, 0.25) is 10.0 Å². The summed E-state index contributed by atoms with van der Waals surface area (Å²) in [5, 5.41) is 16.1. The molecule has 1 aliphatic carbocycles. The highest BCUT2D eigenvalue weighted by molar-refractivity contribution is 7.93. The van der Waals surface area contributed by atoms with Crippen LogP contribution in [-0.4, -0.2) is 40.0 Å². The molecule has 184 valence electrons. The van der Waals surface area contributed by atoms with Crippen LogP contribution in [0.25, 0.3) is 0 Å². The molecule has 0 bridgehead atoms. The van der Waals surface area contributed by atoms with Crippen LogP contribution in [0.4, 0.5) is 13.2 Å². The largest absolute Gasteiger partial charge is 0.497 e. The lowest BCUT2D eigenvalue weighted by Crippen LogP contribution is -2.52. The number of halogens is 3. The zero-order valence-electron chi connectivity index (χ0n) is 18.6. The van der Waals surface area contributed by atoms with Crippen molar-refractivity contribution < 1.29 is 36.2 Å². The normalized spacial score (nSPS) is 21.6. The first kappa shape index (κ1) is 25.8. The average molecular weight is 498 g/mol. The molecule has 0 saturated carbocycles. The van der Waals surface area contributed by atoms with Crippen molar-refractivity contribution in [3.63, 3.8) is 0 Å². The van der Waals surface area contributed by atoms with Crippen molar-refractivity contribution >= 4 is 10.0 Å². The maximum absolute atomic E-state index is 14.0. The standard InChI is InChI=1S/C24H26F3NO5S/c1-32-18-9-5-16(6-10-18)14-20-21(34(28,30)31)4-3-13-23(20,22(29)24(25,26)27)15-17-7-11-19(33-2)12-8-17/h3-13,20,22,29H,14-15H2,1-2H3,(H2,28,30,31). The molecule has 0 amide bonds. The molecule has 2 aromatic rings. The van der Waals surface area contributed by atoms with Gasteiger partial charge in [-0.3, -0.25) is 0 Å². The number of ether oxygens (including phenoxy) is 2. The van der Waals surface area contributed by atoms with Crippen LogP contribution < -0.4 is 14.6 Å². The lowest BCUT2D eigenvalue weighted by molar-refractivity contribution is -0.237. The third-order valence-electron chi connectivity index (χ3n) is 6.08. The summed E-state index contributed by atoms with van der Waals surface area (Å²) < 4.78 is 77.2. The molecule has 34 heavy (non-hydrogen) atoms. The first-order valence-corrected chi connectivity index (χ1v) is 11.9. The van der Waals surface area contributed by atoms with E-state index in [0.717, 1.165) is 0 Å². The van der Waals surface area contributed by atoms with Crippen LogP contribution >= 0.6 is 0 Å². The van der Waals surface area contributed by atoms with Gasteiger partial charge in [0.05, 0.1) is 19.1 Å². The van der Waals surface area contributed by atoms with E-state index in [1.807, 2.05) is 0 Å². The number of alkyl halides is 3. The number of methoxy groups -OCH3 is 2. The number of benzene rings is 2. The first-order chi connectivity index (χ1) is 15.9. The molecule has 10 heteroatoms. The van der Waals surface area contributed by atoms with Crippen molar-refractivity contribution in [1.29, 1.82) is 0 Å². The van der Waals surface area contributed by atoms with E-state index < -0.39 is 33.6 Å². The van der Waals surface area contributed by atoms with Gasteiger partial charge in [-0.15, -0.1) is 0 Å². The number of aliphatic hydroxyl groups excluding tert-OH is 1. The molecule has 2 aromatic carbocycles. The highest BCUT2D eigenvalue weighted by Gasteiger charge is 2.57. The van der Waals surface area contributed by atoms with Crippen LogP contribution in [0, 0.1) is 11.3 Å². The molecule has 3 N–H and O–H groups in total. The van der Waals surface area contributed by atoms with Crippen molar-refractivity contribution in [2.24, 2.45) is 16.5 Å². The Balaban J connectivity index is 2.16. The smallest absolute Gasteiger partial charge is 0.415 e. The first-order valence-electron chi connectivity index (χ1n) is 10.3. The SMILES string of the molecule is COc1ccc(CC2C(S(N)(=O)=O)=CC=CC2(Cc2ccc(OC)cc2)C(O)C(F)(F)F)cc1. The van der Waals surface area contributed by atoms with Gasteiger partial charge >= 0.3 is 6.18 Å². The van der Waals surface area contributed by atoms with Gasteiger partial charge in [-0.1, -0.05) is 36.4 Å². The number of rotatable bonds is 8. The molecule has 0 aromatic heterocycles. The van der Waals surface area contributed by atoms with Gasteiger partial charge in [0.15, 0.2) is 6.10 Å². The Labute approximate surface area is 196 Å². The molecule has 0 heterocycles. The highest BCUT2D eigenvalue weighted by atomic mass is 32.2. The number of sulfonamides is 1. The van der Waals surface area contributed by atoms with E-state index in [0.29, 0.717) is 22.6 Å². The minimum absolute atomic E-state index is 0.111. The third kappa shape index (κ3) is 5.45. The Morgan fingerprint density at radius 3 is 1.94 bits per heavy atom. The van der Waals surface area contributed by atoms with Crippen LogP contribution in [0.15, 0.2) is 71.7 Å². The maximum atomic E-state index is 14.0. The topological polar surface area (TPSA) is 98.9 Å². The Morgan fingerprint density at radius 1 is 1.00 bits per heavy atom. The number of aliphatic hydroxyl groups is 1. The van der Waals surface area contributed by atoms with E-state index in [9.17, 15) is 26.7 Å². The van der Waals surface area contributed by atoms with Crippen molar-refractivity contribution in [1.82, 2.24) is 0 Å². The predicted molar refractivity (Wildman–Crippen MR) is 122 cm³/mol. The van der Waals surface area contributed by atoms with Gasteiger partial charge in [-0.25, -0.2) is 13.6 Å². The molecular weight excluding hydrogens is 471 g/mol. The highest BCUT2D eigenvalue weighted by Crippen LogP contribution is 2.50. The van der Waals surface area contributed by atoms with Crippen LogP contribution in [0.5, 0.6) is 11.5 Å².